The molecule has 1 aromatic rings. The van der Waals surface area contributed by atoms with Crippen LogP contribution in [0.4, 0.5) is 0 Å². The van der Waals surface area contributed by atoms with E-state index in [1.807, 2.05) is 0 Å². The Labute approximate surface area is 159 Å². The molecule has 0 aliphatic carbocycles. The van der Waals surface area contributed by atoms with Crippen molar-refractivity contribution in [3.63, 3.8) is 0 Å². The van der Waals surface area contributed by atoms with Gasteiger partial charge in [-0.25, -0.2) is 0 Å². The topological polar surface area (TPSA) is 0 Å². The zero-order valence-corrected chi connectivity index (χ0v) is 19.7. The fraction of sp³-hybridized carbons (Fsp3) is 0.750. The van der Waals surface area contributed by atoms with Gasteiger partial charge < -0.3 is 0 Å². The molecule has 0 saturated heterocycles. The highest BCUT2D eigenvalue weighted by Crippen LogP contribution is 2.46. The normalized spacial score (nSPS) is 14.6. The van der Waals surface area contributed by atoms with Gasteiger partial charge in [0.2, 0.25) is 0 Å². The number of benzene rings is 1. The average molecular weight is 361 g/mol. The third-order valence-electron chi connectivity index (χ3n) is 7.16. The van der Waals surface area contributed by atoms with Gasteiger partial charge in [-0.1, -0.05) is 98.8 Å². The molecular formula is C24H44Si. The van der Waals surface area contributed by atoms with Gasteiger partial charge in [0.15, 0.2) is 0 Å². The fourth-order valence-corrected chi connectivity index (χ4v) is 6.91. The Morgan fingerprint density at radius 3 is 1.80 bits per heavy atom. The van der Waals surface area contributed by atoms with Gasteiger partial charge >= 0.3 is 0 Å². The number of hydrogen-bond acceptors (Lipinski definition) is 0. The molecule has 0 fully saturated rings. The lowest BCUT2D eigenvalue weighted by molar-refractivity contribution is 0.408. The Balaban J connectivity index is 2.80. The molecule has 0 saturated carbocycles. The van der Waals surface area contributed by atoms with Gasteiger partial charge in [-0.2, -0.15) is 0 Å². The maximum absolute atomic E-state index is 2.58. The third-order valence-corrected chi connectivity index (χ3v) is 12.7. The van der Waals surface area contributed by atoms with Crippen molar-refractivity contribution in [3.05, 3.63) is 35.4 Å². The molecule has 0 heterocycles. The van der Waals surface area contributed by atoms with E-state index >= 15 is 0 Å². The van der Waals surface area contributed by atoms with Crippen LogP contribution >= 0.6 is 0 Å². The van der Waals surface area contributed by atoms with Crippen molar-refractivity contribution in [2.24, 2.45) is 17.8 Å². The molecule has 0 amide bonds. The Morgan fingerprint density at radius 2 is 1.40 bits per heavy atom. The smallest absolute Gasteiger partial charge is 0.0536 e. The van der Waals surface area contributed by atoms with Gasteiger partial charge in [-0.05, 0) is 52.7 Å². The fourth-order valence-electron chi connectivity index (χ4n) is 3.79. The summed E-state index contributed by atoms with van der Waals surface area (Å²) in [5.41, 5.74) is 3.06. The molecule has 0 aromatic heterocycles. The van der Waals surface area contributed by atoms with Crippen LogP contribution in [0.3, 0.4) is 0 Å². The van der Waals surface area contributed by atoms with Crippen molar-refractivity contribution < 1.29 is 0 Å². The van der Waals surface area contributed by atoms with E-state index in [9.17, 15) is 0 Å². The molecule has 1 rings (SSSR count). The molecule has 0 nitrogen and oxygen atoms in total. The molecule has 0 bridgehead atoms. The summed E-state index contributed by atoms with van der Waals surface area (Å²) in [5.74, 6) is 2.93. The maximum atomic E-state index is 2.58. The zero-order valence-electron chi connectivity index (χ0n) is 18.7. The number of hydrogen-bond donors (Lipinski definition) is 0. The molecule has 25 heavy (non-hydrogen) atoms. The number of aryl methyl sites for hydroxylation is 1. The molecule has 0 aliphatic heterocycles. The highest BCUT2D eigenvalue weighted by molar-refractivity contribution is 6.80. The van der Waals surface area contributed by atoms with Crippen molar-refractivity contribution in [1.29, 1.82) is 0 Å². The minimum absolute atomic E-state index is 0.493. The molecule has 0 spiro atoms. The van der Waals surface area contributed by atoms with Crippen LogP contribution in [0, 0.1) is 17.8 Å². The second kappa shape index (κ2) is 8.89. The minimum Gasteiger partial charge on any atom is -0.0689 e. The predicted octanol–water partition coefficient (Wildman–Crippen LogP) is 8.16. The largest absolute Gasteiger partial charge is 0.0689 e. The van der Waals surface area contributed by atoms with Gasteiger partial charge in [0, 0.05) is 0 Å². The first kappa shape index (κ1) is 22.5. The lowest BCUT2D eigenvalue weighted by Gasteiger charge is -2.43. The Bertz CT molecular complexity index is 505. The van der Waals surface area contributed by atoms with E-state index < -0.39 is 8.07 Å². The van der Waals surface area contributed by atoms with Crippen molar-refractivity contribution in [3.8, 4) is 0 Å². The summed E-state index contributed by atoms with van der Waals surface area (Å²) in [5, 5.41) is 0.493. The van der Waals surface area contributed by atoms with Crippen LogP contribution in [0.5, 0.6) is 0 Å². The van der Waals surface area contributed by atoms with Crippen LogP contribution in [-0.2, 0) is 6.42 Å². The Kier molecular flexibility index (Phi) is 7.99. The summed E-state index contributed by atoms with van der Waals surface area (Å²) in [7, 11) is -1.25. The van der Waals surface area contributed by atoms with Crippen molar-refractivity contribution in [2.45, 2.75) is 98.3 Å². The van der Waals surface area contributed by atoms with E-state index in [0.717, 1.165) is 11.8 Å². The molecule has 0 aliphatic rings. The average Bonchev–Trinajstić information content (AvgIpc) is 2.50. The summed E-state index contributed by atoms with van der Waals surface area (Å²) in [6, 6.07) is 11.0. The predicted molar refractivity (Wildman–Crippen MR) is 118 cm³/mol. The van der Waals surface area contributed by atoms with E-state index in [1.165, 1.54) is 30.0 Å². The van der Waals surface area contributed by atoms with Crippen LogP contribution in [0.2, 0.25) is 24.2 Å². The molecule has 1 heteroatoms. The van der Waals surface area contributed by atoms with Crippen LogP contribution in [0.25, 0.3) is 0 Å². The van der Waals surface area contributed by atoms with Crippen molar-refractivity contribution >= 4 is 8.07 Å². The summed E-state index contributed by atoms with van der Waals surface area (Å²) < 4.78 is 0. The van der Waals surface area contributed by atoms with E-state index in [4.69, 9.17) is 0 Å². The highest BCUT2D eigenvalue weighted by atomic mass is 28.3. The van der Waals surface area contributed by atoms with Crippen LogP contribution in [0.1, 0.15) is 78.9 Å². The first-order chi connectivity index (χ1) is 11.4. The zero-order chi connectivity index (χ0) is 19.4. The molecule has 1 atom stereocenters. The molecule has 0 N–H and O–H groups in total. The minimum atomic E-state index is -1.25. The van der Waals surface area contributed by atoms with Gasteiger partial charge in [-0.15, -0.1) is 0 Å². The summed E-state index contributed by atoms with van der Waals surface area (Å²) in [6.07, 6.45) is 2.53. The number of rotatable bonds is 9. The molecular weight excluding hydrogens is 316 g/mol. The van der Waals surface area contributed by atoms with Crippen LogP contribution in [-0.4, -0.2) is 8.07 Å². The highest BCUT2D eigenvalue weighted by Gasteiger charge is 2.40. The second-order valence-corrected chi connectivity index (χ2v) is 16.0. The van der Waals surface area contributed by atoms with Gasteiger partial charge in [-0.3, -0.25) is 0 Å². The van der Waals surface area contributed by atoms with Gasteiger partial charge in [0.05, 0.1) is 8.07 Å². The first-order valence-electron chi connectivity index (χ1n) is 10.5. The van der Waals surface area contributed by atoms with Gasteiger partial charge in [0.1, 0.15) is 0 Å². The third kappa shape index (κ3) is 5.98. The lowest BCUT2D eigenvalue weighted by atomic mass is 9.82. The van der Waals surface area contributed by atoms with Gasteiger partial charge in [0.25, 0.3) is 0 Å². The standard InChI is InChI=1S/C24H44Si/c1-18(2)17-23(19(3)4)22-13-11-21(12-14-22)15-16-25(9,10)24(7,8)20(5)6/h11-14,18-20,23H,15-17H2,1-10H3. The summed E-state index contributed by atoms with van der Waals surface area (Å²) in [4.78, 5) is 0. The first-order valence-corrected chi connectivity index (χ1v) is 13.7. The van der Waals surface area contributed by atoms with E-state index in [-0.39, 0.29) is 0 Å². The molecule has 1 unspecified atom stereocenters. The van der Waals surface area contributed by atoms with Crippen molar-refractivity contribution in [2.75, 3.05) is 0 Å². The van der Waals surface area contributed by atoms with Crippen molar-refractivity contribution in [1.82, 2.24) is 0 Å². The maximum Gasteiger partial charge on any atom is 0.0536 e. The van der Waals surface area contributed by atoms with E-state index in [2.05, 4.69) is 92.7 Å². The van der Waals surface area contributed by atoms with E-state index in [1.54, 1.807) is 0 Å². The Hall–Kier alpha value is -0.563. The lowest BCUT2D eigenvalue weighted by Crippen LogP contribution is -2.42. The van der Waals surface area contributed by atoms with Crippen LogP contribution < -0.4 is 0 Å². The second-order valence-electron chi connectivity index (χ2n) is 10.5. The monoisotopic (exact) mass is 360 g/mol. The Morgan fingerprint density at radius 1 is 0.880 bits per heavy atom. The van der Waals surface area contributed by atoms with Crippen LogP contribution in [0.15, 0.2) is 24.3 Å². The van der Waals surface area contributed by atoms with E-state index in [0.29, 0.717) is 16.9 Å². The SMILES string of the molecule is CC(C)CC(c1ccc(CC[Si](C)(C)C(C)(C)C(C)C)cc1)C(C)C. The summed E-state index contributed by atoms with van der Waals surface area (Å²) in [6.45, 7) is 24.3. The molecule has 1 aromatic carbocycles. The quantitative estimate of drug-likeness (QED) is 0.390. The summed E-state index contributed by atoms with van der Waals surface area (Å²) >= 11 is 0. The molecule has 0 radical (unpaired) electrons. The molecule has 144 valence electrons.